The van der Waals surface area contributed by atoms with Crippen LogP contribution in [-0.4, -0.2) is 17.7 Å². The zero-order valence-corrected chi connectivity index (χ0v) is 16.1. The topological polar surface area (TPSA) is 100 Å². The summed E-state index contributed by atoms with van der Waals surface area (Å²) in [6.07, 6.45) is 1.79. The van der Waals surface area contributed by atoms with Crippen molar-refractivity contribution >= 4 is 34.8 Å². The highest BCUT2D eigenvalue weighted by Gasteiger charge is 2.13. The van der Waals surface area contributed by atoms with Gasteiger partial charge in [0.05, 0.1) is 6.26 Å². The molecule has 29 heavy (non-hydrogen) atoms. The molecule has 0 aliphatic carbocycles. The fourth-order valence-corrected chi connectivity index (χ4v) is 2.62. The van der Waals surface area contributed by atoms with Crippen molar-refractivity contribution in [1.29, 1.82) is 0 Å². The van der Waals surface area contributed by atoms with Gasteiger partial charge in [-0.1, -0.05) is 19.1 Å². The minimum atomic E-state index is -0.393. The van der Waals surface area contributed by atoms with Crippen LogP contribution in [0.3, 0.4) is 0 Å². The number of carbonyl (C=O) groups is 3. The van der Waals surface area contributed by atoms with E-state index in [4.69, 9.17) is 4.42 Å². The van der Waals surface area contributed by atoms with Gasteiger partial charge in [0.1, 0.15) is 0 Å². The number of amides is 3. The van der Waals surface area contributed by atoms with E-state index in [2.05, 4.69) is 16.0 Å². The first-order chi connectivity index (χ1) is 14.0. The van der Waals surface area contributed by atoms with Crippen molar-refractivity contribution in [3.8, 4) is 0 Å². The molecule has 0 aliphatic rings. The zero-order chi connectivity index (χ0) is 20.8. The summed E-state index contributed by atoms with van der Waals surface area (Å²) in [6.45, 7) is 3.60. The number of anilines is 3. The second kappa shape index (κ2) is 8.88. The molecule has 1 aromatic heterocycles. The van der Waals surface area contributed by atoms with Gasteiger partial charge in [0, 0.05) is 29.0 Å². The molecule has 7 nitrogen and oxygen atoms in total. The highest BCUT2D eigenvalue weighted by molar-refractivity contribution is 6.07. The van der Waals surface area contributed by atoms with Crippen LogP contribution in [0.1, 0.15) is 39.8 Å². The number of hydrogen-bond donors (Lipinski definition) is 3. The third-order valence-electron chi connectivity index (χ3n) is 4.22. The van der Waals surface area contributed by atoms with E-state index in [1.165, 1.54) is 6.26 Å². The molecule has 1 heterocycles. The van der Waals surface area contributed by atoms with Gasteiger partial charge in [-0.05, 0) is 55.0 Å². The SMILES string of the molecule is CCC(=O)Nc1cccc(NC(=O)c2ccc(C)c(NC(=O)c3ccco3)c2)c1. The quantitative estimate of drug-likeness (QED) is 0.578. The predicted octanol–water partition coefficient (Wildman–Crippen LogP) is 4.44. The van der Waals surface area contributed by atoms with Gasteiger partial charge in [0.25, 0.3) is 11.8 Å². The Balaban J connectivity index is 1.74. The molecule has 2 aromatic carbocycles. The van der Waals surface area contributed by atoms with Crippen molar-refractivity contribution in [2.75, 3.05) is 16.0 Å². The lowest BCUT2D eigenvalue weighted by molar-refractivity contribution is -0.115. The van der Waals surface area contributed by atoms with Gasteiger partial charge in [-0.25, -0.2) is 0 Å². The van der Waals surface area contributed by atoms with Crippen LogP contribution in [-0.2, 0) is 4.79 Å². The first kappa shape index (κ1) is 19.9. The highest BCUT2D eigenvalue weighted by Crippen LogP contribution is 2.20. The molecule has 0 atom stereocenters. The molecule has 3 rings (SSSR count). The van der Waals surface area contributed by atoms with Gasteiger partial charge in [-0.15, -0.1) is 0 Å². The second-order valence-electron chi connectivity index (χ2n) is 6.40. The van der Waals surface area contributed by atoms with E-state index in [1.54, 1.807) is 61.5 Å². The van der Waals surface area contributed by atoms with Crippen LogP contribution in [0.5, 0.6) is 0 Å². The summed E-state index contributed by atoms with van der Waals surface area (Å²) in [5.74, 6) is -0.651. The molecule has 0 radical (unpaired) electrons. The molecular formula is C22H21N3O4. The molecule has 0 bridgehead atoms. The summed E-state index contributed by atoms with van der Waals surface area (Å²) in [7, 11) is 0. The fraction of sp³-hybridized carbons (Fsp3) is 0.136. The minimum absolute atomic E-state index is 0.107. The number of hydrogen-bond acceptors (Lipinski definition) is 4. The zero-order valence-electron chi connectivity index (χ0n) is 16.1. The van der Waals surface area contributed by atoms with Crippen molar-refractivity contribution in [2.24, 2.45) is 0 Å². The van der Waals surface area contributed by atoms with Gasteiger partial charge < -0.3 is 20.4 Å². The molecule has 3 aromatic rings. The van der Waals surface area contributed by atoms with E-state index in [0.29, 0.717) is 29.0 Å². The molecular weight excluding hydrogens is 370 g/mol. The van der Waals surface area contributed by atoms with Gasteiger partial charge in [-0.3, -0.25) is 14.4 Å². The number of carbonyl (C=O) groups excluding carboxylic acids is 3. The van der Waals surface area contributed by atoms with Crippen molar-refractivity contribution in [1.82, 2.24) is 0 Å². The van der Waals surface area contributed by atoms with E-state index >= 15 is 0 Å². The van der Waals surface area contributed by atoms with Crippen LogP contribution in [0.25, 0.3) is 0 Å². The largest absolute Gasteiger partial charge is 0.459 e. The Kier molecular flexibility index (Phi) is 6.09. The maximum Gasteiger partial charge on any atom is 0.291 e. The first-order valence-corrected chi connectivity index (χ1v) is 9.13. The maximum absolute atomic E-state index is 12.7. The average Bonchev–Trinajstić information content (AvgIpc) is 3.24. The minimum Gasteiger partial charge on any atom is -0.459 e. The summed E-state index contributed by atoms with van der Waals surface area (Å²) < 4.78 is 5.09. The van der Waals surface area contributed by atoms with Crippen molar-refractivity contribution in [3.63, 3.8) is 0 Å². The van der Waals surface area contributed by atoms with Crippen LogP contribution in [0.4, 0.5) is 17.1 Å². The Morgan fingerprint density at radius 1 is 0.862 bits per heavy atom. The predicted molar refractivity (Wildman–Crippen MR) is 111 cm³/mol. The van der Waals surface area contributed by atoms with Crippen LogP contribution >= 0.6 is 0 Å². The third kappa shape index (κ3) is 5.10. The standard InChI is InChI=1S/C22H21N3O4/c1-3-20(26)23-16-6-4-7-17(13-16)24-21(27)15-10-9-14(2)18(12-15)25-22(28)19-8-5-11-29-19/h4-13H,3H2,1-2H3,(H,23,26)(H,24,27)(H,25,28). The van der Waals surface area contributed by atoms with Crippen molar-refractivity contribution in [3.05, 3.63) is 77.7 Å². The molecule has 0 aliphatic heterocycles. The number of nitrogens with one attached hydrogen (secondary N) is 3. The van der Waals surface area contributed by atoms with Crippen LogP contribution in [0.15, 0.2) is 65.3 Å². The highest BCUT2D eigenvalue weighted by atomic mass is 16.3. The molecule has 0 fully saturated rings. The smallest absolute Gasteiger partial charge is 0.291 e. The molecule has 3 N–H and O–H groups in total. The lowest BCUT2D eigenvalue weighted by Gasteiger charge is -2.11. The monoisotopic (exact) mass is 391 g/mol. The number of furan rings is 1. The van der Waals surface area contributed by atoms with E-state index < -0.39 is 5.91 Å². The fourth-order valence-electron chi connectivity index (χ4n) is 2.62. The lowest BCUT2D eigenvalue weighted by Crippen LogP contribution is -2.15. The Hall–Kier alpha value is -3.87. The van der Waals surface area contributed by atoms with Crippen molar-refractivity contribution < 1.29 is 18.8 Å². The molecule has 148 valence electrons. The summed E-state index contributed by atoms with van der Waals surface area (Å²) in [5, 5.41) is 8.29. The van der Waals surface area contributed by atoms with Crippen LogP contribution < -0.4 is 16.0 Å². The summed E-state index contributed by atoms with van der Waals surface area (Å²) >= 11 is 0. The Bertz CT molecular complexity index is 1040. The van der Waals surface area contributed by atoms with Crippen LogP contribution in [0, 0.1) is 6.92 Å². The lowest BCUT2D eigenvalue weighted by atomic mass is 10.1. The van der Waals surface area contributed by atoms with Gasteiger partial charge in [0.15, 0.2) is 5.76 Å². The van der Waals surface area contributed by atoms with E-state index in [-0.39, 0.29) is 17.6 Å². The molecule has 0 unspecified atom stereocenters. The normalized spacial score (nSPS) is 10.3. The van der Waals surface area contributed by atoms with Crippen molar-refractivity contribution in [2.45, 2.75) is 20.3 Å². The number of aryl methyl sites for hydroxylation is 1. The Morgan fingerprint density at radius 2 is 1.62 bits per heavy atom. The molecule has 0 spiro atoms. The molecule has 0 saturated carbocycles. The number of rotatable bonds is 6. The average molecular weight is 391 g/mol. The van der Waals surface area contributed by atoms with Gasteiger partial charge in [0.2, 0.25) is 5.91 Å². The Morgan fingerprint density at radius 3 is 2.31 bits per heavy atom. The molecule has 0 saturated heterocycles. The summed E-state index contributed by atoms with van der Waals surface area (Å²) in [6, 6.07) is 15.1. The summed E-state index contributed by atoms with van der Waals surface area (Å²) in [4.78, 5) is 36.4. The van der Waals surface area contributed by atoms with Crippen LogP contribution in [0.2, 0.25) is 0 Å². The molecule has 3 amide bonds. The Labute approximate surface area is 168 Å². The van der Waals surface area contributed by atoms with E-state index in [9.17, 15) is 14.4 Å². The van der Waals surface area contributed by atoms with Gasteiger partial charge in [-0.2, -0.15) is 0 Å². The summed E-state index contributed by atoms with van der Waals surface area (Å²) in [5.41, 5.74) is 2.86. The first-order valence-electron chi connectivity index (χ1n) is 9.13. The third-order valence-corrected chi connectivity index (χ3v) is 4.22. The van der Waals surface area contributed by atoms with Gasteiger partial charge >= 0.3 is 0 Å². The maximum atomic E-state index is 12.7. The molecule has 7 heteroatoms. The van der Waals surface area contributed by atoms with E-state index in [1.807, 2.05) is 6.92 Å². The number of benzene rings is 2. The van der Waals surface area contributed by atoms with E-state index in [0.717, 1.165) is 5.56 Å². The second-order valence-corrected chi connectivity index (χ2v) is 6.40.